The number of hydrogen-bond acceptors (Lipinski definition) is 7. The van der Waals surface area contributed by atoms with Crippen LogP contribution in [0.15, 0.2) is 24.3 Å². The number of esters is 1. The number of non-ortho nitro benzene ring substituents is 1. The van der Waals surface area contributed by atoms with Crippen molar-refractivity contribution in [2.75, 3.05) is 12.4 Å². The van der Waals surface area contributed by atoms with Crippen LogP contribution in [0.3, 0.4) is 0 Å². The fraction of sp³-hybridized carbons (Fsp3) is 0.273. The molecule has 0 aromatic heterocycles. The van der Waals surface area contributed by atoms with E-state index in [1.54, 1.807) is 0 Å². The molecule has 100 valence electrons. The Bertz CT molecular complexity index is 516. The van der Waals surface area contributed by atoms with Crippen LogP contribution < -0.4 is 0 Å². The van der Waals surface area contributed by atoms with E-state index in [0.29, 0.717) is 10.1 Å². The van der Waals surface area contributed by atoms with Crippen molar-refractivity contribution in [1.29, 1.82) is 0 Å². The van der Waals surface area contributed by atoms with Crippen molar-refractivity contribution in [1.82, 2.24) is 0 Å². The van der Waals surface area contributed by atoms with Crippen molar-refractivity contribution in [3.63, 3.8) is 0 Å². The van der Waals surface area contributed by atoms with Crippen LogP contribution >= 0.6 is 24.0 Å². The maximum Gasteiger partial charge on any atom is 0.338 e. The molecule has 0 amide bonds. The Labute approximate surface area is 118 Å². The number of ether oxygens (including phenoxy) is 2. The van der Waals surface area contributed by atoms with Gasteiger partial charge in [-0.05, 0) is 24.4 Å². The van der Waals surface area contributed by atoms with Gasteiger partial charge in [0, 0.05) is 17.9 Å². The van der Waals surface area contributed by atoms with E-state index in [2.05, 4.69) is 0 Å². The monoisotopic (exact) mass is 299 g/mol. The van der Waals surface area contributed by atoms with Crippen LogP contribution in [-0.2, 0) is 9.47 Å². The van der Waals surface area contributed by atoms with Gasteiger partial charge in [0.25, 0.3) is 5.69 Å². The highest BCUT2D eigenvalue weighted by molar-refractivity contribution is 8.22. The van der Waals surface area contributed by atoms with E-state index >= 15 is 0 Å². The second-order valence-corrected chi connectivity index (χ2v) is 5.33. The van der Waals surface area contributed by atoms with Crippen LogP contribution in [0, 0.1) is 10.1 Å². The highest BCUT2D eigenvalue weighted by Crippen LogP contribution is 2.20. The van der Waals surface area contributed by atoms with Gasteiger partial charge in [-0.3, -0.25) is 10.1 Å². The van der Waals surface area contributed by atoms with Crippen LogP contribution in [0.25, 0.3) is 0 Å². The van der Waals surface area contributed by atoms with E-state index in [9.17, 15) is 14.9 Å². The van der Waals surface area contributed by atoms with Crippen LogP contribution in [0.1, 0.15) is 10.4 Å². The fourth-order valence-corrected chi connectivity index (χ4v) is 2.45. The smallest absolute Gasteiger partial charge is 0.338 e. The molecule has 0 N–H and O–H groups in total. The molecule has 0 aliphatic carbocycles. The molecule has 1 fully saturated rings. The summed E-state index contributed by atoms with van der Waals surface area (Å²) in [6, 6.07) is 5.23. The highest BCUT2D eigenvalue weighted by Gasteiger charge is 2.23. The maximum absolute atomic E-state index is 11.7. The maximum atomic E-state index is 11.7. The van der Waals surface area contributed by atoms with Gasteiger partial charge in [-0.15, -0.1) is 0 Å². The van der Waals surface area contributed by atoms with Gasteiger partial charge in [0.05, 0.1) is 10.5 Å². The number of carbonyl (C=O) groups excluding carboxylic acids is 1. The number of nitro groups is 1. The molecule has 0 bridgehead atoms. The first kappa shape index (κ1) is 13.8. The molecule has 0 saturated carbocycles. The van der Waals surface area contributed by atoms with E-state index in [1.807, 2.05) is 0 Å². The minimum atomic E-state index is -0.540. The number of benzene rings is 1. The van der Waals surface area contributed by atoms with Crippen LogP contribution in [-0.4, -0.2) is 33.7 Å². The first-order valence-corrected chi connectivity index (χ1v) is 6.70. The first-order chi connectivity index (χ1) is 9.06. The molecule has 1 aliphatic heterocycles. The van der Waals surface area contributed by atoms with Gasteiger partial charge in [-0.1, -0.05) is 11.8 Å². The standard InChI is InChI=1S/C11H9NO5S2/c13-10(16-5-9-6-19-11(18)17-9)7-1-3-8(4-2-7)12(14)15/h1-4,9H,5-6H2. The second-order valence-electron chi connectivity index (χ2n) is 3.70. The second kappa shape index (κ2) is 5.98. The van der Waals surface area contributed by atoms with E-state index in [1.165, 1.54) is 36.0 Å². The Morgan fingerprint density at radius 3 is 2.74 bits per heavy atom. The number of rotatable bonds is 4. The highest BCUT2D eigenvalue weighted by atomic mass is 32.2. The van der Waals surface area contributed by atoms with Crippen molar-refractivity contribution in [3.05, 3.63) is 39.9 Å². The molecular formula is C11H9NO5S2. The fourth-order valence-electron chi connectivity index (χ4n) is 1.42. The summed E-state index contributed by atoms with van der Waals surface area (Å²) in [6.45, 7) is 0.114. The summed E-state index contributed by atoms with van der Waals surface area (Å²) in [7, 11) is 0. The van der Waals surface area contributed by atoms with Crippen molar-refractivity contribution in [2.24, 2.45) is 0 Å². The van der Waals surface area contributed by atoms with Gasteiger partial charge < -0.3 is 9.47 Å². The normalized spacial score (nSPS) is 17.9. The predicted octanol–water partition coefficient (Wildman–Crippen LogP) is 2.17. The zero-order valence-corrected chi connectivity index (χ0v) is 11.2. The zero-order chi connectivity index (χ0) is 13.8. The Balaban J connectivity index is 1.89. The minimum Gasteiger partial charge on any atom is -0.471 e. The van der Waals surface area contributed by atoms with E-state index in [-0.39, 0.29) is 24.0 Å². The molecule has 19 heavy (non-hydrogen) atoms. The molecule has 0 spiro atoms. The molecule has 0 radical (unpaired) electrons. The molecule has 1 saturated heterocycles. The molecule has 1 unspecified atom stereocenters. The lowest BCUT2D eigenvalue weighted by Crippen LogP contribution is -2.20. The topological polar surface area (TPSA) is 78.7 Å². The summed E-state index contributed by atoms with van der Waals surface area (Å²) in [6.07, 6.45) is -0.223. The Morgan fingerprint density at radius 1 is 1.53 bits per heavy atom. The summed E-state index contributed by atoms with van der Waals surface area (Å²) in [5.74, 6) is 0.119. The molecule has 2 rings (SSSR count). The quantitative estimate of drug-likeness (QED) is 0.365. The predicted molar refractivity (Wildman–Crippen MR) is 73.3 cm³/mol. The van der Waals surface area contributed by atoms with E-state index in [0.717, 1.165) is 0 Å². The third-order valence-electron chi connectivity index (χ3n) is 2.36. The number of nitrogens with zero attached hydrogens (tertiary/aromatic N) is 1. The minimum absolute atomic E-state index is 0.0718. The third-order valence-corrected chi connectivity index (χ3v) is 3.68. The summed E-state index contributed by atoms with van der Waals surface area (Å²) in [5.41, 5.74) is 0.191. The molecule has 6 nitrogen and oxygen atoms in total. The molecule has 1 atom stereocenters. The number of carbonyl (C=O) groups is 1. The number of thioether (sulfide) groups is 1. The Hall–Kier alpha value is -1.67. The summed E-state index contributed by atoms with van der Waals surface area (Å²) in [5, 5.41) is 10.5. The molecule has 1 aromatic rings. The van der Waals surface area contributed by atoms with Crippen molar-refractivity contribution >= 4 is 40.0 Å². The molecule has 1 aliphatic rings. The lowest BCUT2D eigenvalue weighted by atomic mass is 10.2. The average Bonchev–Trinajstić information content (AvgIpc) is 2.82. The van der Waals surface area contributed by atoms with Crippen LogP contribution in [0.5, 0.6) is 0 Å². The van der Waals surface area contributed by atoms with Gasteiger partial charge in [0.1, 0.15) is 12.7 Å². The lowest BCUT2D eigenvalue weighted by molar-refractivity contribution is -0.384. The largest absolute Gasteiger partial charge is 0.471 e. The van der Waals surface area contributed by atoms with E-state index < -0.39 is 10.9 Å². The van der Waals surface area contributed by atoms with Gasteiger partial charge in [0.2, 0.25) is 4.38 Å². The first-order valence-electron chi connectivity index (χ1n) is 5.31. The number of thiocarbonyl (C=S) groups is 1. The summed E-state index contributed by atoms with van der Waals surface area (Å²) >= 11 is 6.25. The van der Waals surface area contributed by atoms with Gasteiger partial charge >= 0.3 is 5.97 Å². The average molecular weight is 299 g/mol. The number of hydrogen-bond donors (Lipinski definition) is 0. The lowest BCUT2D eigenvalue weighted by Gasteiger charge is -2.09. The van der Waals surface area contributed by atoms with E-state index in [4.69, 9.17) is 21.7 Å². The van der Waals surface area contributed by atoms with Crippen molar-refractivity contribution in [3.8, 4) is 0 Å². The van der Waals surface area contributed by atoms with Crippen LogP contribution in [0.4, 0.5) is 5.69 Å². The molecular weight excluding hydrogens is 290 g/mol. The SMILES string of the molecule is O=C(OCC1CSC(=S)O1)c1ccc([N+](=O)[O-])cc1. The van der Waals surface area contributed by atoms with Crippen molar-refractivity contribution < 1.29 is 19.2 Å². The van der Waals surface area contributed by atoms with Gasteiger partial charge in [-0.25, -0.2) is 4.79 Å². The Kier molecular flexibility index (Phi) is 4.33. The van der Waals surface area contributed by atoms with Gasteiger partial charge in [0.15, 0.2) is 0 Å². The molecule has 8 heteroatoms. The van der Waals surface area contributed by atoms with Gasteiger partial charge in [-0.2, -0.15) is 0 Å². The zero-order valence-electron chi connectivity index (χ0n) is 9.61. The summed E-state index contributed by atoms with van der Waals surface area (Å²) < 4.78 is 10.7. The molecule has 1 aromatic carbocycles. The van der Waals surface area contributed by atoms with Crippen molar-refractivity contribution in [2.45, 2.75) is 6.10 Å². The third kappa shape index (κ3) is 3.65. The Morgan fingerprint density at radius 2 is 2.21 bits per heavy atom. The van der Waals surface area contributed by atoms with Crippen LogP contribution in [0.2, 0.25) is 0 Å². The summed E-state index contributed by atoms with van der Waals surface area (Å²) in [4.78, 5) is 21.6. The number of nitro benzene ring substituents is 1. The molecule has 1 heterocycles.